The minimum absolute atomic E-state index is 0.279. The summed E-state index contributed by atoms with van der Waals surface area (Å²) >= 11 is 0. The van der Waals surface area contributed by atoms with Crippen LogP contribution in [0, 0.1) is 0 Å². The zero-order valence-corrected chi connectivity index (χ0v) is 11.2. The van der Waals surface area contributed by atoms with Crippen molar-refractivity contribution in [2.75, 3.05) is 5.32 Å². The number of fused-ring (bicyclic) bond motifs is 1. The van der Waals surface area contributed by atoms with Gasteiger partial charge in [-0.05, 0) is 0 Å². The van der Waals surface area contributed by atoms with Gasteiger partial charge in [0.15, 0.2) is 11.2 Å². The van der Waals surface area contributed by atoms with E-state index in [2.05, 4.69) is 20.4 Å². The summed E-state index contributed by atoms with van der Waals surface area (Å²) in [6, 6.07) is 0. The van der Waals surface area contributed by atoms with Crippen molar-refractivity contribution in [3.05, 3.63) is 33.2 Å². The topological polar surface area (TPSA) is 103 Å². The lowest BCUT2D eigenvalue weighted by molar-refractivity contribution is 0.709. The molecule has 0 aliphatic carbocycles. The van der Waals surface area contributed by atoms with Crippen molar-refractivity contribution in [3.63, 3.8) is 0 Å². The van der Waals surface area contributed by atoms with Crippen molar-refractivity contribution in [1.29, 1.82) is 0 Å². The van der Waals surface area contributed by atoms with Gasteiger partial charge in [0.25, 0.3) is 5.56 Å². The number of nitrogens with one attached hydrogen (secondary N) is 2. The first kappa shape index (κ1) is 12.2. The highest BCUT2D eigenvalue weighted by Gasteiger charge is 2.13. The molecule has 9 nitrogen and oxygen atoms in total. The maximum absolute atomic E-state index is 12.0. The fraction of sp³-hybridized carbons (Fsp3) is 0.273. The SMILES string of the molecule is Cn1cc(Nc2nc3c([nH]2)c(=O)n(C)c(=O)n3C)cn1. The van der Waals surface area contributed by atoms with Crippen molar-refractivity contribution in [2.24, 2.45) is 21.1 Å². The first-order chi connectivity index (χ1) is 9.47. The van der Waals surface area contributed by atoms with Gasteiger partial charge in [0, 0.05) is 27.3 Å². The van der Waals surface area contributed by atoms with Gasteiger partial charge in [0.2, 0.25) is 5.95 Å². The normalized spacial score (nSPS) is 11.2. The van der Waals surface area contributed by atoms with E-state index in [4.69, 9.17) is 0 Å². The molecule has 0 spiro atoms. The molecule has 0 unspecified atom stereocenters. The highest BCUT2D eigenvalue weighted by atomic mass is 16.2. The Labute approximate surface area is 112 Å². The van der Waals surface area contributed by atoms with Crippen LogP contribution in [0.2, 0.25) is 0 Å². The lowest BCUT2D eigenvalue weighted by Gasteiger charge is -2.00. The van der Waals surface area contributed by atoms with Crippen LogP contribution < -0.4 is 16.6 Å². The van der Waals surface area contributed by atoms with Crippen LogP contribution in [-0.4, -0.2) is 28.9 Å². The van der Waals surface area contributed by atoms with E-state index in [1.54, 1.807) is 31.2 Å². The molecule has 3 rings (SSSR count). The number of aryl methyl sites for hydroxylation is 2. The maximum atomic E-state index is 12.0. The van der Waals surface area contributed by atoms with Gasteiger partial charge in [0.1, 0.15) is 0 Å². The molecule has 104 valence electrons. The van der Waals surface area contributed by atoms with Crippen LogP contribution in [0.25, 0.3) is 11.2 Å². The standard InChI is InChI=1S/C11H13N7O2/c1-16-5-6(4-12-16)13-10-14-7-8(15-10)17(2)11(20)18(3)9(7)19/h4-5H,1-3H3,(H2,13,14,15). The van der Waals surface area contributed by atoms with Gasteiger partial charge in [0.05, 0.1) is 11.9 Å². The van der Waals surface area contributed by atoms with Crippen LogP contribution in [0.5, 0.6) is 0 Å². The van der Waals surface area contributed by atoms with E-state index < -0.39 is 11.2 Å². The molecule has 2 N–H and O–H groups in total. The molecule has 3 aromatic heterocycles. The summed E-state index contributed by atoms with van der Waals surface area (Å²) in [7, 11) is 4.79. The van der Waals surface area contributed by atoms with Crippen molar-refractivity contribution < 1.29 is 0 Å². The predicted octanol–water partition coefficient (Wildman–Crippen LogP) is -0.563. The maximum Gasteiger partial charge on any atom is 0.332 e. The summed E-state index contributed by atoms with van der Waals surface area (Å²) in [5.74, 6) is 0.381. The molecular weight excluding hydrogens is 262 g/mol. The van der Waals surface area contributed by atoms with E-state index in [0.29, 0.717) is 11.6 Å². The van der Waals surface area contributed by atoms with Crippen LogP contribution >= 0.6 is 0 Å². The van der Waals surface area contributed by atoms with E-state index in [0.717, 1.165) is 10.3 Å². The Balaban J connectivity index is 2.16. The average Bonchev–Trinajstić information content (AvgIpc) is 3.01. The zero-order valence-electron chi connectivity index (χ0n) is 11.2. The highest BCUT2D eigenvalue weighted by molar-refractivity contribution is 5.73. The van der Waals surface area contributed by atoms with E-state index >= 15 is 0 Å². The number of hydrogen-bond acceptors (Lipinski definition) is 5. The summed E-state index contributed by atoms with van der Waals surface area (Å²) in [6.07, 6.45) is 3.40. The van der Waals surface area contributed by atoms with E-state index in [1.807, 2.05) is 0 Å². The second-order valence-corrected chi connectivity index (χ2v) is 4.52. The number of imidazole rings is 1. The zero-order chi connectivity index (χ0) is 14.4. The molecule has 20 heavy (non-hydrogen) atoms. The van der Waals surface area contributed by atoms with Crippen molar-refractivity contribution >= 4 is 22.8 Å². The molecule has 0 saturated carbocycles. The number of aromatic nitrogens is 6. The summed E-state index contributed by atoms with van der Waals surface area (Å²) in [6.45, 7) is 0. The van der Waals surface area contributed by atoms with Gasteiger partial charge in [-0.25, -0.2) is 4.79 Å². The van der Waals surface area contributed by atoms with E-state index in [1.165, 1.54) is 11.6 Å². The van der Waals surface area contributed by atoms with Crippen LogP contribution in [0.15, 0.2) is 22.0 Å². The first-order valence-corrected chi connectivity index (χ1v) is 5.89. The summed E-state index contributed by atoms with van der Waals surface area (Å²) in [4.78, 5) is 30.9. The average molecular weight is 275 g/mol. The van der Waals surface area contributed by atoms with Crippen LogP contribution in [0.4, 0.5) is 11.6 Å². The summed E-state index contributed by atoms with van der Waals surface area (Å²) < 4.78 is 4.00. The Morgan fingerprint density at radius 2 is 1.95 bits per heavy atom. The lowest BCUT2D eigenvalue weighted by Crippen LogP contribution is -2.36. The second kappa shape index (κ2) is 4.08. The molecule has 0 saturated heterocycles. The minimum Gasteiger partial charge on any atom is -0.323 e. The lowest BCUT2D eigenvalue weighted by atomic mass is 10.5. The van der Waals surface area contributed by atoms with E-state index in [-0.39, 0.29) is 5.52 Å². The second-order valence-electron chi connectivity index (χ2n) is 4.52. The van der Waals surface area contributed by atoms with Gasteiger partial charge in [-0.2, -0.15) is 10.1 Å². The van der Waals surface area contributed by atoms with E-state index in [9.17, 15) is 9.59 Å². The molecule has 0 amide bonds. The number of rotatable bonds is 2. The first-order valence-electron chi connectivity index (χ1n) is 5.89. The van der Waals surface area contributed by atoms with Crippen LogP contribution in [-0.2, 0) is 21.1 Å². The molecule has 0 bridgehead atoms. The number of anilines is 2. The van der Waals surface area contributed by atoms with Gasteiger partial charge < -0.3 is 10.3 Å². The summed E-state index contributed by atoms with van der Waals surface area (Å²) in [5.41, 5.74) is 0.496. The van der Waals surface area contributed by atoms with Crippen molar-refractivity contribution in [1.82, 2.24) is 28.9 Å². The Hall–Kier alpha value is -2.84. The quantitative estimate of drug-likeness (QED) is 0.652. The summed E-state index contributed by atoms with van der Waals surface area (Å²) in [5, 5.41) is 7.02. The number of aromatic amines is 1. The molecule has 0 aliphatic heterocycles. The van der Waals surface area contributed by atoms with Gasteiger partial charge >= 0.3 is 5.69 Å². The molecule has 9 heteroatoms. The van der Waals surface area contributed by atoms with Gasteiger partial charge in [-0.3, -0.25) is 18.6 Å². The predicted molar refractivity (Wildman–Crippen MR) is 73.1 cm³/mol. The third-order valence-electron chi connectivity index (χ3n) is 3.06. The Morgan fingerprint density at radius 1 is 1.20 bits per heavy atom. The van der Waals surface area contributed by atoms with Crippen LogP contribution in [0.1, 0.15) is 0 Å². The third kappa shape index (κ3) is 1.71. The molecule has 0 fully saturated rings. The van der Waals surface area contributed by atoms with Gasteiger partial charge in [-0.1, -0.05) is 0 Å². The van der Waals surface area contributed by atoms with Crippen molar-refractivity contribution in [3.8, 4) is 0 Å². The minimum atomic E-state index is -0.415. The molecule has 3 aromatic rings. The largest absolute Gasteiger partial charge is 0.332 e. The number of nitrogens with zero attached hydrogens (tertiary/aromatic N) is 5. The number of hydrogen-bond donors (Lipinski definition) is 2. The Morgan fingerprint density at radius 3 is 2.60 bits per heavy atom. The Kier molecular flexibility index (Phi) is 2.49. The third-order valence-corrected chi connectivity index (χ3v) is 3.06. The molecule has 0 atom stereocenters. The van der Waals surface area contributed by atoms with Gasteiger partial charge in [-0.15, -0.1) is 0 Å². The molecule has 0 aliphatic rings. The van der Waals surface area contributed by atoms with Crippen molar-refractivity contribution in [2.45, 2.75) is 0 Å². The highest BCUT2D eigenvalue weighted by Crippen LogP contribution is 2.14. The smallest absolute Gasteiger partial charge is 0.323 e. The molecule has 0 radical (unpaired) electrons. The fourth-order valence-corrected chi connectivity index (χ4v) is 2.01. The number of H-pyrrole nitrogens is 1. The monoisotopic (exact) mass is 275 g/mol. The van der Waals surface area contributed by atoms with Crippen LogP contribution in [0.3, 0.4) is 0 Å². The molecule has 3 heterocycles. The Bertz CT molecular complexity index is 911. The molecule has 0 aromatic carbocycles. The molecular formula is C11H13N7O2. The fourth-order valence-electron chi connectivity index (χ4n) is 2.01.